The molecule has 0 radical (unpaired) electrons. The van der Waals surface area contributed by atoms with Crippen LogP contribution < -0.4 is 5.32 Å². The maximum atomic E-state index is 12.6. The molecule has 5 nitrogen and oxygen atoms in total. The van der Waals surface area contributed by atoms with Crippen molar-refractivity contribution in [2.45, 2.75) is 52.5 Å². The molecule has 1 N–H and O–H groups in total. The van der Waals surface area contributed by atoms with Crippen molar-refractivity contribution in [3.63, 3.8) is 0 Å². The van der Waals surface area contributed by atoms with Crippen LogP contribution in [0.25, 0.3) is 0 Å². The Bertz CT molecular complexity index is 695. The molecule has 1 fully saturated rings. The Labute approximate surface area is 156 Å². The zero-order chi connectivity index (χ0) is 18.4. The third kappa shape index (κ3) is 4.79. The summed E-state index contributed by atoms with van der Waals surface area (Å²) in [4.78, 5) is 15.1. The number of nitrogens with one attached hydrogen (secondary N) is 1. The van der Waals surface area contributed by atoms with Gasteiger partial charge in [-0.25, -0.2) is 0 Å². The predicted molar refractivity (Wildman–Crippen MR) is 104 cm³/mol. The lowest BCUT2D eigenvalue weighted by molar-refractivity contribution is 0.0951. The molecule has 26 heavy (non-hydrogen) atoms. The van der Waals surface area contributed by atoms with E-state index in [0.29, 0.717) is 6.54 Å². The van der Waals surface area contributed by atoms with Gasteiger partial charge in [0.2, 0.25) is 0 Å². The summed E-state index contributed by atoms with van der Waals surface area (Å²) in [7, 11) is 0. The van der Waals surface area contributed by atoms with E-state index in [0.717, 1.165) is 42.2 Å². The summed E-state index contributed by atoms with van der Waals surface area (Å²) in [6, 6.07) is 5.82. The van der Waals surface area contributed by atoms with Gasteiger partial charge in [-0.1, -0.05) is 12.8 Å². The normalized spacial score (nSPS) is 15.8. The largest absolute Gasteiger partial charge is 0.467 e. The molecule has 5 heteroatoms. The number of hydrogen-bond donors (Lipinski definition) is 1. The fourth-order valence-electron chi connectivity index (χ4n) is 3.79. The zero-order valence-corrected chi connectivity index (χ0v) is 16.1. The molecular weight excluding hydrogens is 326 g/mol. The summed E-state index contributed by atoms with van der Waals surface area (Å²) < 4.78 is 7.57. The van der Waals surface area contributed by atoms with E-state index >= 15 is 0 Å². The molecule has 0 spiro atoms. The highest BCUT2D eigenvalue weighted by molar-refractivity contribution is 5.95. The van der Waals surface area contributed by atoms with Crippen molar-refractivity contribution in [2.75, 3.05) is 26.2 Å². The Morgan fingerprint density at radius 2 is 1.96 bits per heavy atom. The summed E-state index contributed by atoms with van der Waals surface area (Å²) in [6.45, 7) is 8.93. The van der Waals surface area contributed by atoms with Gasteiger partial charge in [0.15, 0.2) is 0 Å². The van der Waals surface area contributed by atoms with Gasteiger partial charge in [0, 0.05) is 17.9 Å². The fourth-order valence-corrected chi connectivity index (χ4v) is 3.79. The number of aryl methyl sites for hydroxylation is 1. The summed E-state index contributed by atoms with van der Waals surface area (Å²) in [5, 5.41) is 3.09. The number of rotatable bonds is 7. The standard InChI is InChI=1S/C21H31N3O2/c1-17-15-20(18(2)24(17)16-19-9-7-14-26-19)21(25)22-10-8-13-23-11-5-3-4-6-12-23/h7,9,14-15H,3-6,8,10-13,16H2,1-2H3,(H,22,25). The van der Waals surface area contributed by atoms with Gasteiger partial charge in [0.1, 0.15) is 5.76 Å². The highest BCUT2D eigenvalue weighted by Crippen LogP contribution is 2.17. The van der Waals surface area contributed by atoms with Crippen molar-refractivity contribution in [3.8, 4) is 0 Å². The van der Waals surface area contributed by atoms with Crippen LogP contribution in [0, 0.1) is 13.8 Å². The smallest absolute Gasteiger partial charge is 0.253 e. The average molecular weight is 357 g/mol. The van der Waals surface area contributed by atoms with Gasteiger partial charge < -0.3 is 19.2 Å². The van der Waals surface area contributed by atoms with Crippen molar-refractivity contribution in [2.24, 2.45) is 0 Å². The molecular formula is C21H31N3O2. The van der Waals surface area contributed by atoms with Gasteiger partial charge in [-0.2, -0.15) is 0 Å². The first-order valence-corrected chi connectivity index (χ1v) is 9.85. The molecule has 0 aromatic carbocycles. The van der Waals surface area contributed by atoms with E-state index in [-0.39, 0.29) is 5.91 Å². The fraction of sp³-hybridized carbons (Fsp3) is 0.571. The first-order chi connectivity index (χ1) is 12.6. The summed E-state index contributed by atoms with van der Waals surface area (Å²) in [5.74, 6) is 0.927. The van der Waals surface area contributed by atoms with E-state index in [9.17, 15) is 4.79 Å². The summed E-state index contributed by atoms with van der Waals surface area (Å²) >= 11 is 0. The summed E-state index contributed by atoms with van der Waals surface area (Å²) in [5.41, 5.74) is 2.83. The Kier molecular flexibility index (Phi) is 6.56. The lowest BCUT2D eigenvalue weighted by Gasteiger charge is -2.19. The lowest BCUT2D eigenvalue weighted by atomic mass is 10.2. The zero-order valence-electron chi connectivity index (χ0n) is 16.1. The van der Waals surface area contributed by atoms with Crippen LogP contribution in [-0.2, 0) is 6.54 Å². The minimum absolute atomic E-state index is 0.0275. The highest BCUT2D eigenvalue weighted by atomic mass is 16.3. The van der Waals surface area contributed by atoms with Crippen LogP contribution in [-0.4, -0.2) is 41.6 Å². The molecule has 3 rings (SSSR count). The second kappa shape index (κ2) is 9.08. The Hall–Kier alpha value is -2.01. The molecule has 142 valence electrons. The molecule has 1 aliphatic heterocycles. The monoisotopic (exact) mass is 357 g/mol. The van der Waals surface area contributed by atoms with E-state index in [1.54, 1.807) is 6.26 Å². The van der Waals surface area contributed by atoms with Crippen molar-refractivity contribution in [1.29, 1.82) is 0 Å². The Morgan fingerprint density at radius 3 is 2.65 bits per heavy atom. The second-order valence-electron chi connectivity index (χ2n) is 7.32. The SMILES string of the molecule is Cc1cc(C(=O)NCCCN2CCCCCC2)c(C)n1Cc1ccco1. The van der Waals surface area contributed by atoms with Gasteiger partial charge in [-0.05, 0) is 70.9 Å². The maximum Gasteiger partial charge on any atom is 0.253 e. The molecule has 2 aromatic heterocycles. The molecule has 1 saturated heterocycles. The second-order valence-corrected chi connectivity index (χ2v) is 7.32. The van der Waals surface area contributed by atoms with Crippen molar-refractivity contribution >= 4 is 5.91 Å². The molecule has 0 unspecified atom stereocenters. The number of likely N-dealkylation sites (tertiary alicyclic amines) is 1. The number of carbonyl (C=O) groups excluding carboxylic acids is 1. The Balaban J connectivity index is 1.50. The quantitative estimate of drug-likeness (QED) is 0.768. The van der Waals surface area contributed by atoms with E-state index in [4.69, 9.17) is 4.42 Å². The molecule has 1 amide bonds. The van der Waals surface area contributed by atoms with Crippen LogP contribution in [0.15, 0.2) is 28.9 Å². The van der Waals surface area contributed by atoms with Crippen LogP contribution in [0.3, 0.4) is 0 Å². The molecule has 2 aromatic rings. The van der Waals surface area contributed by atoms with Crippen LogP contribution >= 0.6 is 0 Å². The topological polar surface area (TPSA) is 50.4 Å². The van der Waals surface area contributed by atoms with E-state index in [1.807, 2.05) is 32.0 Å². The van der Waals surface area contributed by atoms with Crippen LogP contribution in [0.1, 0.15) is 59.6 Å². The molecule has 0 atom stereocenters. The number of aromatic nitrogens is 1. The predicted octanol–water partition coefficient (Wildman–Crippen LogP) is 3.74. The first-order valence-electron chi connectivity index (χ1n) is 9.85. The number of amides is 1. The van der Waals surface area contributed by atoms with Gasteiger partial charge in [0.25, 0.3) is 5.91 Å². The third-order valence-electron chi connectivity index (χ3n) is 5.35. The van der Waals surface area contributed by atoms with E-state index < -0.39 is 0 Å². The lowest BCUT2D eigenvalue weighted by Crippen LogP contribution is -2.30. The maximum absolute atomic E-state index is 12.6. The Morgan fingerprint density at radius 1 is 1.19 bits per heavy atom. The number of furan rings is 1. The van der Waals surface area contributed by atoms with Gasteiger partial charge >= 0.3 is 0 Å². The summed E-state index contributed by atoms with van der Waals surface area (Å²) in [6.07, 6.45) is 8.04. The number of hydrogen-bond acceptors (Lipinski definition) is 3. The molecule has 0 saturated carbocycles. The average Bonchev–Trinajstić information content (AvgIpc) is 3.14. The highest BCUT2D eigenvalue weighted by Gasteiger charge is 2.16. The molecule has 0 bridgehead atoms. The van der Waals surface area contributed by atoms with Crippen molar-refractivity contribution in [3.05, 3.63) is 47.2 Å². The molecule has 0 aliphatic carbocycles. The van der Waals surface area contributed by atoms with Gasteiger partial charge in [-0.3, -0.25) is 4.79 Å². The van der Waals surface area contributed by atoms with Gasteiger partial charge in [-0.15, -0.1) is 0 Å². The van der Waals surface area contributed by atoms with Crippen molar-refractivity contribution in [1.82, 2.24) is 14.8 Å². The van der Waals surface area contributed by atoms with Crippen LogP contribution in [0.2, 0.25) is 0 Å². The molecule has 3 heterocycles. The van der Waals surface area contributed by atoms with E-state index in [1.165, 1.54) is 38.8 Å². The minimum Gasteiger partial charge on any atom is -0.467 e. The minimum atomic E-state index is 0.0275. The molecule has 1 aliphatic rings. The van der Waals surface area contributed by atoms with Crippen LogP contribution in [0.5, 0.6) is 0 Å². The van der Waals surface area contributed by atoms with Crippen molar-refractivity contribution < 1.29 is 9.21 Å². The number of carbonyl (C=O) groups is 1. The van der Waals surface area contributed by atoms with Crippen LogP contribution in [0.4, 0.5) is 0 Å². The number of nitrogens with zero attached hydrogens (tertiary/aromatic N) is 2. The van der Waals surface area contributed by atoms with Gasteiger partial charge in [0.05, 0.1) is 18.4 Å². The first kappa shape index (κ1) is 18.8. The third-order valence-corrected chi connectivity index (χ3v) is 5.35. The van der Waals surface area contributed by atoms with E-state index in [2.05, 4.69) is 14.8 Å².